The number of ether oxygens (including phenoxy) is 1. The third-order valence-corrected chi connectivity index (χ3v) is 5.51. The van der Waals surface area contributed by atoms with Crippen LogP contribution in [0.15, 0.2) is 29.6 Å². The van der Waals surface area contributed by atoms with Crippen molar-refractivity contribution < 1.29 is 14.3 Å². The van der Waals surface area contributed by atoms with Crippen molar-refractivity contribution in [1.29, 1.82) is 0 Å². The van der Waals surface area contributed by atoms with E-state index in [-0.39, 0.29) is 11.9 Å². The second-order valence-corrected chi connectivity index (χ2v) is 7.71. The summed E-state index contributed by atoms with van der Waals surface area (Å²) in [6.07, 6.45) is 6.82. The summed E-state index contributed by atoms with van der Waals surface area (Å²) in [5.41, 5.74) is 1.47. The van der Waals surface area contributed by atoms with E-state index < -0.39 is 0 Å². The molecule has 0 unspecified atom stereocenters. The Kier molecular flexibility index (Phi) is 7.25. The first-order valence-corrected chi connectivity index (χ1v) is 10.5. The molecule has 28 heavy (non-hydrogen) atoms. The Hall–Kier alpha value is -2.61. The molecule has 0 aliphatic heterocycles. The average Bonchev–Trinajstić information content (AvgIpc) is 3.15. The summed E-state index contributed by atoms with van der Waals surface area (Å²) in [5.74, 6) is 0.801. The molecule has 150 valence electrons. The lowest BCUT2D eigenvalue weighted by molar-refractivity contribution is -0.122. The highest BCUT2D eigenvalue weighted by Crippen LogP contribution is 2.20. The molecule has 1 aliphatic carbocycles. The van der Waals surface area contributed by atoms with Gasteiger partial charge in [-0.2, -0.15) is 0 Å². The molecule has 3 amide bonds. The summed E-state index contributed by atoms with van der Waals surface area (Å²) in [6.45, 7) is 0. The molecule has 0 saturated heterocycles. The van der Waals surface area contributed by atoms with Crippen LogP contribution in [0.3, 0.4) is 0 Å². The van der Waals surface area contributed by atoms with Gasteiger partial charge in [0.2, 0.25) is 5.91 Å². The number of thiazole rings is 1. The third-order valence-electron chi connectivity index (χ3n) is 4.70. The topological polar surface area (TPSA) is 92.3 Å². The number of nitrogens with one attached hydrogen (secondary N) is 3. The Morgan fingerprint density at radius 2 is 1.89 bits per heavy atom. The molecule has 0 atom stereocenters. The lowest BCUT2D eigenvalue weighted by atomic mass is 9.95. The maximum absolute atomic E-state index is 12.1. The lowest BCUT2D eigenvalue weighted by Gasteiger charge is -2.22. The number of methoxy groups -OCH3 is 1. The minimum atomic E-state index is -0.360. The number of aryl methyl sites for hydroxylation is 1. The number of carbonyl (C=O) groups is 2. The van der Waals surface area contributed by atoms with Crippen LogP contribution in [-0.2, 0) is 11.2 Å². The van der Waals surface area contributed by atoms with Gasteiger partial charge in [0.15, 0.2) is 5.13 Å². The zero-order valence-corrected chi connectivity index (χ0v) is 16.8. The highest BCUT2D eigenvalue weighted by molar-refractivity contribution is 7.13. The van der Waals surface area contributed by atoms with Gasteiger partial charge in [0, 0.05) is 23.5 Å². The van der Waals surface area contributed by atoms with Gasteiger partial charge in [0.1, 0.15) is 5.75 Å². The van der Waals surface area contributed by atoms with E-state index >= 15 is 0 Å². The second-order valence-electron chi connectivity index (χ2n) is 6.85. The summed E-state index contributed by atoms with van der Waals surface area (Å²) < 4.78 is 5.09. The molecule has 0 bridgehead atoms. The number of hydrogen-bond acceptors (Lipinski definition) is 5. The fourth-order valence-corrected chi connectivity index (χ4v) is 3.94. The van der Waals surface area contributed by atoms with Crippen molar-refractivity contribution in [3.8, 4) is 5.75 Å². The van der Waals surface area contributed by atoms with E-state index in [4.69, 9.17) is 4.74 Å². The molecule has 3 rings (SSSR count). The predicted octanol–water partition coefficient (Wildman–Crippen LogP) is 4.18. The van der Waals surface area contributed by atoms with E-state index in [0.717, 1.165) is 24.3 Å². The van der Waals surface area contributed by atoms with E-state index in [9.17, 15) is 9.59 Å². The van der Waals surface area contributed by atoms with Crippen LogP contribution in [-0.4, -0.2) is 30.1 Å². The molecule has 0 radical (unpaired) electrons. The molecule has 0 spiro atoms. The van der Waals surface area contributed by atoms with Crippen molar-refractivity contribution in [2.75, 3.05) is 17.7 Å². The number of benzene rings is 1. The lowest BCUT2D eigenvalue weighted by Crippen LogP contribution is -2.36. The molecule has 1 aromatic carbocycles. The number of rotatable bonds is 7. The number of nitrogens with zero attached hydrogens (tertiary/aromatic N) is 1. The molecule has 3 N–H and O–H groups in total. The van der Waals surface area contributed by atoms with Crippen LogP contribution in [0, 0.1) is 0 Å². The molecule has 1 aromatic heterocycles. The maximum Gasteiger partial charge on any atom is 0.325 e. The summed E-state index contributed by atoms with van der Waals surface area (Å²) in [6, 6.07) is 7.04. The largest absolute Gasteiger partial charge is 0.497 e. The van der Waals surface area contributed by atoms with Gasteiger partial charge in [-0.3, -0.25) is 10.1 Å². The normalized spacial score (nSPS) is 14.3. The van der Waals surface area contributed by atoms with Crippen LogP contribution in [0.5, 0.6) is 5.75 Å². The predicted molar refractivity (Wildman–Crippen MR) is 111 cm³/mol. The second kappa shape index (κ2) is 10.1. The van der Waals surface area contributed by atoms with Gasteiger partial charge in [-0.1, -0.05) is 19.3 Å². The molecule has 7 nitrogen and oxygen atoms in total. The van der Waals surface area contributed by atoms with Crippen molar-refractivity contribution in [1.82, 2.24) is 10.3 Å². The van der Waals surface area contributed by atoms with E-state index in [1.54, 1.807) is 31.4 Å². The number of urea groups is 1. The Bertz CT molecular complexity index is 785. The zero-order chi connectivity index (χ0) is 19.8. The van der Waals surface area contributed by atoms with E-state index in [1.165, 1.54) is 30.6 Å². The van der Waals surface area contributed by atoms with E-state index in [2.05, 4.69) is 20.9 Å². The first-order chi connectivity index (χ1) is 13.6. The van der Waals surface area contributed by atoms with Crippen LogP contribution >= 0.6 is 11.3 Å². The summed E-state index contributed by atoms with van der Waals surface area (Å²) in [7, 11) is 1.59. The zero-order valence-electron chi connectivity index (χ0n) is 16.0. The first kappa shape index (κ1) is 20.1. The Labute approximate surface area is 168 Å². The molecular weight excluding hydrogens is 376 g/mol. The minimum absolute atomic E-state index is 0.0756. The summed E-state index contributed by atoms with van der Waals surface area (Å²) in [4.78, 5) is 28.6. The van der Waals surface area contributed by atoms with Crippen molar-refractivity contribution >= 4 is 34.1 Å². The van der Waals surface area contributed by atoms with Gasteiger partial charge >= 0.3 is 6.03 Å². The maximum atomic E-state index is 12.1. The Morgan fingerprint density at radius 1 is 1.14 bits per heavy atom. The molecule has 1 heterocycles. The van der Waals surface area contributed by atoms with Gasteiger partial charge < -0.3 is 15.4 Å². The summed E-state index contributed by atoms with van der Waals surface area (Å²) in [5, 5.41) is 11.0. The highest BCUT2D eigenvalue weighted by atomic mass is 32.1. The SMILES string of the molecule is COc1ccc(NC(=O)Nc2nc(CCC(=O)NC3CCCCC3)cs2)cc1. The Morgan fingerprint density at radius 3 is 2.61 bits per heavy atom. The van der Waals surface area contributed by atoms with Crippen LogP contribution < -0.4 is 20.7 Å². The molecular formula is C20H26N4O3S. The molecule has 1 saturated carbocycles. The van der Waals surface area contributed by atoms with Crippen LogP contribution in [0.4, 0.5) is 15.6 Å². The van der Waals surface area contributed by atoms with Gasteiger partial charge in [0.05, 0.1) is 12.8 Å². The molecule has 1 fully saturated rings. The van der Waals surface area contributed by atoms with Crippen LogP contribution in [0.2, 0.25) is 0 Å². The fraction of sp³-hybridized carbons (Fsp3) is 0.450. The number of carbonyl (C=O) groups excluding carboxylic acids is 2. The van der Waals surface area contributed by atoms with Crippen molar-refractivity contribution in [2.45, 2.75) is 51.0 Å². The monoisotopic (exact) mass is 402 g/mol. The standard InChI is InChI=1S/C20H26N4O3S/c1-27-17-10-7-15(8-11-17)22-19(26)24-20-23-16(13-28-20)9-12-18(25)21-14-5-3-2-4-6-14/h7-8,10-11,13-14H,2-6,9,12H2,1H3,(H,21,25)(H2,22,23,24,26). The van der Waals surface area contributed by atoms with Gasteiger partial charge in [0.25, 0.3) is 0 Å². The number of anilines is 2. The molecule has 8 heteroatoms. The van der Waals surface area contributed by atoms with Crippen molar-refractivity contribution in [2.24, 2.45) is 0 Å². The van der Waals surface area contributed by atoms with Crippen LogP contribution in [0.25, 0.3) is 0 Å². The van der Waals surface area contributed by atoms with Crippen LogP contribution in [0.1, 0.15) is 44.2 Å². The number of amides is 3. The number of hydrogen-bond donors (Lipinski definition) is 3. The smallest absolute Gasteiger partial charge is 0.325 e. The fourth-order valence-electron chi connectivity index (χ4n) is 3.20. The third kappa shape index (κ3) is 6.23. The van der Waals surface area contributed by atoms with E-state index in [0.29, 0.717) is 29.7 Å². The number of aromatic nitrogens is 1. The first-order valence-electron chi connectivity index (χ1n) is 9.58. The van der Waals surface area contributed by atoms with Crippen molar-refractivity contribution in [3.05, 3.63) is 35.3 Å². The highest BCUT2D eigenvalue weighted by Gasteiger charge is 2.16. The molecule has 1 aliphatic rings. The Balaban J connectivity index is 1.41. The van der Waals surface area contributed by atoms with Gasteiger partial charge in [-0.15, -0.1) is 11.3 Å². The van der Waals surface area contributed by atoms with Gasteiger partial charge in [-0.25, -0.2) is 9.78 Å². The molecule has 2 aromatic rings. The summed E-state index contributed by atoms with van der Waals surface area (Å²) >= 11 is 1.35. The average molecular weight is 403 g/mol. The quantitative estimate of drug-likeness (QED) is 0.648. The van der Waals surface area contributed by atoms with E-state index in [1.807, 2.05) is 5.38 Å². The van der Waals surface area contributed by atoms with Crippen molar-refractivity contribution in [3.63, 3.8) is 0 Å². The van der Waals surface area contributed by atoms with Gasteiger partial charge in [-0.05, 0) is 43.5 Å². The minimum Gasteiger partial charge on any atom is -0.497 e.